The van der Waals surface area contributed by atoms with Crippen molar-refractivity contribution in [2.75, 3.05) is 7.11 Å². The summed E-state index contributed by atoms with van der Waals surface area (Å²) in [6.45, 7) is 10.6. The van der Waals surface area contributed by atoms with Crippen molar-refractivity contribution in [2.24, 2.45) is 4.99 Å². The van der Waals surface area contributed by atoms with Gasteiger partial charge in [0, 0.05) is 0 Å². The van der Waals surface area contributed by atoms with Crippen molar-refractivity contribution >= 4 is 22.5 Å². The van der Waals surface area contributed by atoms with Crippen molar-refractivity contribution in [1.29, 1.82) is 0 Å². The van der Waals surface area contributed by atoms with Gasteiger partial charge in [0.1, 0.15) is 6.20 Å². The summed E-state index contributed by atoms with van der Waals surface area (Å²) in [5.74, 6) is -1.32. The van der Waals surface area contributed by atoms with Crippen LogP contribution in [0.1, 0.15) is 0 Å². The highest BCUT2D eigenvalue weighted by Gasteiger charge is 2.40. The molecular weight excluding hydrogens is 307 g/mol. The topological polar surface area (TPSA) is 40.0 Å². The fraction of sp³-hybridized carbons (Fsp3) is 0.727. The van der Waals surface area contributed by atoms with E-state index in [0.717, 1.165) is 6.20 Å². The molecule has 0 fully saturated rings. The average Bonchev–Trinajstić information content (AvgIpc) is 2.17. The Morgan fingerprint density at radius 3 is 1.70 bits per heavy atom. The summed E-state index contributed by atoms with van der Waals surface area (Å²) in [7, 11) is -3.08. The van der Waals surface area contributed by atoms with Gasteiger partial charge in [0.2, 0.25) is 16.6 Å². The first kappa shape index (κ1) is 19.0. The lowest BCUT2D eigenvalue weighted by atomic mass is 10.6. The van der Waals surface area contributed by atoms with E-state index in [0.29, 0.717) is 0 Å². The van der Waals surface area contributed by atoms with Crippen LogP contribution in [0, 0.1) is 0 Å². The van der Waals surface area contributed by atoms with Crippen LogP contribution in [0.15, 0.2) is 17.1 Å². The summed E-state index contributed by atoms with van der Waals surface area (Å²) in [6, 6.07) is 0. The molecule has 0 aromatic heterocycles. The van der Waals surface area contributed by atoms with Crippen molar-refractivity contribution < 1.29 is 26.8 Å². The minimum atomic E-state index is -4.64. The molecule has 0 aliphatic heterocycles. The molecule has 0 atom stereocenters. The van der Waals surface area contributed by atoms with Crippen molar-refractivity contribution in [3.8, 4) is 0 Å². The largest absolute Gasteiger partial charge is 0.528 e. The van der Waals surface area contributed by atoms with Crippen LogP contribution in [-0.4, -0.2) is 35.8 Å². The standard InChI is InChI=1S/C11H22F3NO3Si2/c1-16-9(17-19(2,3)4)8-15-10(11(12,13)14)18-20(5,6)7/h8H,1-7H3/b9-8+,15-10?. The molecule has 0 aliphatic carbocycles. The van der Waals surface area contributed by atoms with E-state index in [-0.39, 0.29) is 5.95 Å². The molecule has 0 radical (unpaired) electrons. The number of methoxy groups -OCH3 is 1. The maximum atomic E-state index is 12.8. The molecule has 118 valence electrons. The zero-order valence-corrected chi connectivity index (χ0v) is 14.9. The maximum absolute atomic E-state index is 12.8. The van der Waals surface area contributed by atoms with Crippen molar-refractivity contribution in [2.45, 2.75) is 45.5 Å². The smallest absolute Gasteiger partial charge is 0.467 e. The van der Waals surface area contributed by atoms with Crippen LogP contribution in [0.25, 0.3) is 0 Å². The average molecular weight is 329 g/mol. The summed E-state index contributed by atoms with van der Waals surface area (Å²) in [4.78, 5) is 3.35. The van der Waals surface area contributed by atoms with Crippen molar-refractivity contribution in [1.82, 2.24) is 0 Å². The predicted octanol–water partition coefficient (Wildman–Crippen LogP) is 4.10. The van der Waals surface area contributed by atoms with E-state index in [1.165, 1.54) is 7.11 Å². The monoisotopic (exact) mass is 329 g/mol. The summed E-state index contributed by atoms with van der Waals surface area (Å²) < 4.78 is 53.7. The fourth-order valence-corrected chi connectivity index (χ4v) is 2.47. The number of aliphatic imine (C=N–C) groups is 1. The van der Waals surface area contributed by atoms with E-state index < -0.39 is 28.7 Å². The molecule has 9 heteroatoms. The van der Waals surface area contributed by atoms with Crippen LogP contribution >= 0.6 is 0 Å². The van der Waals surface area contributed by atoms with E-state index in [9.17, 15) is 13.2 Å². The molecule has 0 saturated heterocycles. The summed E-state index contributed by atoms with van der Waals surface area (Å²) in [6.07, 6.45) is -3.74. The molecule has 20 heavy (non-hydrogen) atoms. The van der Waals surface area contributed by atoms with Gasteiger partial charge in [-0.15, -0.1) is 0 Å². The van der Waals surface area contributed by atoms with Gasteiger partial charge in [0.25, 0.3) is 11.8 Å². The predicted molar refractivity (Wildman–Crippen MR) is 77.4 cm³/mol. The Bertz CT molecular complexity index is 382. The highest BCUT2D eigenvalue weighted by Crippen LogP contribution is 2.22. The minimum Gasteiger partial charge on any atom is -0.528 e. The Morgan fingerprint density at radius 1 is 0.950 bits per heavy atom. The number of rotatable bonds is 5. The molecule has 0 aromatic rings. The molecule has 0 saturated carbocycles. The first-order valence-electron chi connectivity index (χ1n) is 6.02. The van der Waals surface area contributed by atoms with Gasteiger partial charge in [0.15, 0.2) is 0 Å². The van der Waals surface area contributed by atoms with Crippen LogP contribution in [0.3, 0.4) is 0 Å². The molecule has 0 bridgehead atoms. The maximum Gasteiger partial charge on any atom is 0.467 e. The second-order valence-corrected chi connectivity index (χ2v) is 14.9. The molecule has 0 unspecified atom stereocenters. The van der Waals surface area contributed by atoms with Gasteiger partial charge >= 0.3 is 6.18 Å². The molecule has 0 heterocycles. The molecule has 0 aromatic carbocycles. The Balaban J connectivity index is 5.26. The van der Waals surface area contributed by atoms with Gasteiger partial charge < -0.3 is 13.6 Å². The van der Waals surface area contributed by atoms with Crippen LogP contribution in [0.4, 0.5) is 13.2 Å². The first-order valence-corrected chi connectivity index (χ1v) is 12.8. The number of halogens is 3. The zero-order chi connectivity index (χ0) is 16.2. The number of hydrogen-bond acceptors (Lipinski definition) is 4. The van der Waals surface area contributed by atoms with Gasteiger partial charge in [0.05, 0.1) is 7.11 Å². The number of hydrogen-bond donors (Lipinski definition) is 0. The van der Waals surface area contributed by atoms with Gasteiger partial charge in [-0.1, -0.05) is 0 Å². The lowest BCUT2D eigenvalue weighted by Gasteiger charge is -2.22. The van der Waals surface area contributed by atoms with E-state index in [1.54, 1.807) is 19.6 Å². The third-order valence-electron chi connectivity index (χ3n) is 1.54. The lowest BCUT2D eigenvalue weighted by Crippen LogP contribution is -2.36. The molecule has 0 amide bonds. The highest BCUT2D eigenvalue weighted by molar-refractivity contribution is 6.71. The van der Waals surface area contributed by atoms with E-state index in [4.69, 9.17) is 13.6 Å². The Labute approximate surface area is 119 Å². The Morgan fingerprint density at radius 2 is 1.40 bits per heavy atom. The molecule has 0 spiro atoms. The van der Waals surface area contributed by atoms with Crippen molar-refractivity contribution in [3.63, 3.8) is 0 Å². The first-order chi connectivity index (χ1) is 8.74. The highest BCUT2D eigenvalue weighted by atomic mass is 28.4. The molecule has 0 N–H and O–H groups in total. The van der Waals surface area contributed by atoms with E-state index in [2.05, 4.69) is 4.99 Å². The second-order valence-electron chi connectivity index (χ2n) is 6.01. The third kappa shape index (κ3) is 9.02. The number of nitrogens with zero attached hydrogens (tertiary/aromatic N) is 1. The number of ether oxygens (including phenoxy) is 1. The van der Waals surface area contributed by atoms with Gasteiger partial charge in [-0.3, -0.25) is 0 Å². The summed E-state index contributed by atoms with van der Waals surface area (Å²) >= 11 is 0. The molecular formula is C11H22F3NO3Si2. The van der Waals surface area contributed by atoms with Gasteiger partial charge in [-0.05, 0) is 39.3 Å². The molecule has 4 nitrogen and oxygen atoms in total. The van der Waals surface area contributed by atoms with E-state index >= 15 is 0 Å². The molecule has 0 rings (SSSR count). The third-order valence-corrected chi connectivity index (χ3v) is 3.16. The quantitative estimate of drug-likeness (QED) is 0.330. The normalized spacial score (nSPS) is 15.1. The van der Waals surface area contributed by atoms with Crippen LogP contribution in [-0.2, 0) is 13.6 Å². The van der Waals surface area contributed by atoms with Gasteiger partial charge in [-0.2, -0.15) is 13.2 Å². The van der Waals surface area contributed by atoms with Gasteiger partial charge in [-0.25, -0.2) is 4.99 Å². The Hall–Kier alpha value is -0.966. The van der Waals surface area contributed by atoms with E-state index in [1.807, 2.05) is 19.6 Å². The fourth-order valence-electron chi connectivity index (χ4n) is 0.981. The Kier molecular flexibility index (Phi) is 6.34. The summed E-state index contributed by atoms with van der Waals surface area (Å²) in [5, 5.41) is 0. The second kappa shape index (κ2) is 6.66. The van der Waals surface area contributed by atoms with Crippen LogP contribution in [0.5, 0.6) is 0 Å². The minimum absolute atomic E-state index is 0.0508. The lowest BCUT2D eigenvalue weighted by molar-refractivity contribution is -0.0715. The molecule has 0 aliphatic rings. The summed E-state index contributed by atoms with van der Waals surface area (Å²) in [5.41, 5.74) is 0. The van der Waals surface area contributed by atoms with Crippen LogP contribution in [0.2, 0.25) is 39.3 Å². The van der Waals surface area contributed by atoms with Crippen LogP contribution < -0.4 is 0 Å². The SMILES string of the molecule is CO/C(=C\N=C(O[Si](C)(C)C)C(F)(F)F)O[Si](C)(C)C. The number of alkyl halides is 3. The zero-order valence-electron chi connectivity index (χ0n) is 12.9. The van der Waals surface area contributed by atoms with Crippen molar-refractivity contribution in [3.05, 3.63) is 12.1 Å².